The summed E-state index contributed by atoms with van der Waals surface area (Å²) < 4.78 is 0. The van der Waals surface area contributed by atoms with Gasteiger partial charge in [0.15, 0.2) is 0 Å². The molecule has 1 aromatic rings. The van der Waals surface area contributed by atoms with E-state index in [2.05, 4.69) is 16.3 Å². The van der Waals surface area contributed by atoms with E-state index < -0.39 is 0 Å². The average molecular weight is 189 g/mol. The van der Waals surface area contributed by atoms with Gasteiger partial charge in [-0.25, -0.2) is 0 Å². The fourth-order valence-electron chi connectivity index (χ4n) is 1.15. The van der Waals surface area contributed by atoms with Gasteiger partial charge >= 0.3 is 0 Å². The third kappa shape index (κ3) is 3.08. The highest BCUT2D eigenvalue weighted by Crippen LogP contribution is 2.12. The third-order valence-corrected chi connectivity index (χ3v) is 1.92. The lowest BCUT2D eigenvalue weighted by Gasteiger charge is -2.11. The summed E-state index contributed by atoms with van der Waals surface area (Å²) in [6, 6.07) is 9.70. The largest absolute Gasteiger partial charge is 0.383 e. The fourth-order valence-corrected chi connectivity index (χ4v) is 1.15. The summed E-state index contributed by atoms with van der Waals surface area (Å²) in [7, 11) is 4.05. The first kappa shape index (κ1) is 10.6. The Kier molecular flexibility index (Phi) is 3.96. The lowest BCUT2D eigenvalue weighted by Crippen LogP contribution is -2.21. The molecule has 0 heterocycles. The lowest BCUT2D eigenvalue weighted by molar-refractivity contribution is 0.425. The van der Waals surface area contributed by atoms with Crippen molar-refractivity contribution < 1.29 is 0 Å². The maximum Gasteiger partial charge on any atom is 0.101 e. The molecular weight excluding hydrogens is 174 g/mol. The van der Waals surface area contributed by atoms with Crippen molar-refractivity contribution in [3.8, 4) is 6.07 Å². The van der Waals surface area contributed by atoms with Crippen molar-refractivity contribution in [1.82, 2.24) is 4.90 Å². The van der Waals surface area contributed by atoms with E-state index >= 15 is 0 Å². The van der Waals surface area contributed by atoms with Crippen molar-refractivity contribution >= 4 is 5.69 Å². The normalized spacial score (nSPS) is 9.86. The molecule has 0 saturated heterocycles. The maximum absolute atomic E-state index is 8.83. The van der Waals surface area contributed by atoms with Gasteiger partial charge in [0.05, 0.1) is 11.3 Å². The van der Waals surface area contributed by atoms with E-state index in [1.54, 1.807) is 0 Å². The van der Waals surface area contributed by atoms with Gasteiger partial charge in [0.1, 0.15) is 6.07 Å². The second-order valence-corrected chi connectivity index (χ2v) is 3.39. The summed E-state index contributed by atoms with van der Waals surface area (Å²) >= 11 is 0. The van der Waals surface area contributed by atoms with Crippen LogP contribution in [0.4, 0.5) is 5.69 Å². The van der Waals surface area contributed by atoms with Gasteiger partial charge < -0.3 is 10.2 Å². The van der Waals surface area contributed by atoms with Crippen LogP contribution in [0.1, 0.15) is 5.56 Å². The van der Waals surface area contributed by atoms with Gasteiger partial charge in [0.2, 0.25) is 0 Å². The molecule has 0 aliphatic rings. The molecule has 3 heteroatoms. The molecule has 0 aliphatic heterocycles. The molecule has 0 fully saturated rings. The molecular formula is C11H15N3. The van der Waals surface area contributed by atoms with Crippen LogP contribution in [0.15, 0.2) is 24.3 Å². The Morgan fingerprint density at radius 1 is 1.36 bits per heavy atom. The van der Waals surface area contributed by atoms with Crippen LogP contribution in [0.3, 0.4) is 0 Å². The monoisotopic (exact) mass is 189 g/mol. The van der Waals surface area contributed by atoms with E-state index in [0.717, 1.165) is 18.8 Å². The molecule has 0 aliphatic carbocycles. The summed E-state index contributed by atoms with van der Waals surface area (Å²) in [5.74, 6) is 0. The minimum absolute atomic E-state index is 0.700. The smallest absolute Gasteiger partial charge is 0.101 e. The molecule has 0 saturated carbocycles. The predicted molar refractivity (Wildman–Crippen MR) is 58.2 cm³/mol. The van der Waals surface area contributed by atoms with E-state index in [9.17, 15) is 0 Å². The van der Waals surface area contributed by atoms with Crippen molar-refractivity contribution in [3.05, 3.63) is 29.8 Å². The number of hydrogen-bond donors (Lipinski definition) is 1. The number of nitrogens with zero attached hydrogens (tertiary/aromatic N) is 2. The topological polar surface area (TPSA) is 39.1 Å². The highest BCUT2D eigenvalue weighted by atomic mass is 15.1. The van der Waals surface area contributed by atoms with E-state index in [4.69, 9.17) is 5.26 Å². The van der Waals surface area contributed by atoms with Crippen molar-refractivity contribution in [3.63, 3.8) is 0 Å². The Morgan fingerprint density at radius 2 is 2.07 bits per heavy atom. The Bertz CT molecular complexity index is 326. The Morgan fingerprint density at radius 3 is 2.71 bits per heavy atom. The molecule has 0 amide bonds. The molecule has 1 rings (SSSR count). The van der Waals surface area contributed by atoms with Gasteiger partial charge in [0, 0.05) is 13.1 Å². The van der Waals surface area contributed by atoms with E-state index in [1.807, 2.05) is 38.4 Å². The Labute approximate surface area is 85.0 Å². The van der Waals surface area contributed by atoms with Crippen LogP contribution in [0.5, 0.6) is 0 Å². The van der Waals surface area contributed by atoms with Gasteiger partial charge in [-0.3, -0.25) is 0 Å². The van der Waals surface area contributed by atoms with Crippen LogP contribution in [0.25, 0.3) is 0 Å². The number of likely N-dealkylation sites (N-methyl/N-ethyl adjacent to an activating group) is 1. The van der Waals surface area contributed by atoms with Crippen molar-refractivity contribution in [2.75, 3.05) is 32.5 Å². The van der Waals surface area contributed by atoms with Crippen LogP contribution in [0, 0.1) is 11.3 Å². The van der Waals surface area contributed by atoms with Crippen LogP contribution in [-0.2, 0) is 0 Å². The zero-order chi connectivity index (χ0) is 10.4. The third-order valence-electron chi connectivity index (χ3n) is 1.92. The van der Waals surface area contributed by atoms with Crippen molar-refractivity contribution in [2.45, 2.75) is 0 Å². The average Bonchev–Trinajstić information content (AvgIpc) is 2.18. The van der Waals surface area contributed by atoms with Crippen LogP contribution in [-0.4, -0.2) is 32.1 Å². The highest BCUT2D eigenvalue weighted by molar-refractivity contribution is 5.57. The second kappa shape index (κ2) is 5.25. The van der Waals surface area contributed by atoms with Gasteiger partial charge in [-0.2, -0.15) is 5.26 Å². The number of anilines is 1. The molecule has 0 atom stereocenters. The fraction of sp³-hybridized carbons (Fsp3) is 0.364. The number of rotatable bonds is 4. The summed E-state index contributed by atoms with van der Waals surface area (Å²) in [6.07, 6.45) is 0. The minimum Gasteiger partial charge on any atom is -0.383 e. The van der Waals surface area contributed by atoms with E-state index in [1.165, 1.54) is 0 Å². The van der Waals surface area contributed by atoms with Gasteiger partial charge in [-0.1, -0.05) is 12.1 Å². The van der Waals surface area contributed by atoms with E-state index in [-0.39, 0.29) is 0 Å². The lowest BCUT2D eigenvalue weighted by atomic mass is 10.2. The SMILES string of the molecule is CN(C)CCNc1ccccc1C#N. The molecule has 1 N–H and O–H groups in total. The molecule has 0 aromatic heterocycles. The quantitative estimate of drug-likeness (QED) is 0.780. The standard InChI is InChI=1S/C11H15N3/c1-14(2)8-7-13-11-6-4-3-5-10(11)9-12/h3-6,13H,7-8H2,1-2H3. The number of benzene rings is 1. The van der Waals surface area contributed by atoms with Crippen molar-refractivity contribution in [1.29, 1.82) is 5.26 Å². The van der Waals surface area contributed by atoms with Gasteiger partial charge in [0.25, 0.3) is 0 Å². The van der Waals surface area contributed by atoms with Crippen LogP contribution in [0.2, 0.25) is 0 Å². The minimum atomic E-state index is 0.700. The molecule has 0 radical (unpaired) electrons. The van der Waals surface area contributed by atoms with Gasteiger partial charge in [-0.15, -0.1) is 0 Å². The number of nitriles is 1. The zero-order valence-corrected chi connectivity index (χ0v) is 8.62. The molecule has 0 bridgehead atoms. The number of para-hydroxylation sites is 1. The summed E-state index contributed by atoms with van der Waals surface area (Å²) in [5, 5.41) is 12.1. The molecule has 3 nitrogen and oxygen atoms in total. The van der Waals surface area contributed by atoms with Crippen LogP contribution < -0.4 is 5.32 Å². The van der Waals surface area contributed by atoms with Crippen molar-refractivity contribution in [2.24, 2.45) is 0 Å². The molecule has 0 spiro atoms. The summed E-state index contributed by atoms with van der Waals surface area (Å²) in [6.45, 7) is 1.81. The molecule has 74 valence electrons. The van der Waals surface area contributed by atoms with E-state index in [0.29, 0.717) is 5.56 Å². The number of nitrogens with one attached hydrogen (secondary N) is 1. The highest BCUT2D eigenvalue weighted by Gasteiger charge is 1.98. The molecule has 14 heavy (non-hydrogen) atoms. The number of hydrogen-bond acceptors (Lipinski definition) is 3. The first-order valence-electron chi connectivity index (χ1n) is 4.62. The van der Waals surface area contributed by atoms with Crippen LogP contribution >= 0.6 is 0 Å². The Balaban J connectivity index is 2.54. The second-order valence-electron chi connectivity index (χ2n) is 3.39. The predicted octanol–water partition coefficient (Wildman–Crippen LogP) is 1.53. The molecule has 1 aromatic carbocycles. The first-order chi connectivity index (χ1) is 6.74. The first-order valence-corrected chi connectivity index (χ1v) is 4.62. The summed E-state index contributed by atoms with van der Waals surface area (Å²) in [4.78, 5) is 2.10. The van der Waals surface area contributed by atoms with Gasteiger partial charge in [-0.05, 0) is 26.2 Å². The zero-order valence-electron chi connectivity index (χ0n) is 8.62. The Hall–Kier alpha value is -1.53. The summed E-state index contributed by atoms with van der Waals surface area (Å²) in [5.41, 5.74) is 1.61. The molecule has 0 unspecified atom stereocenters. The maximum atomic E-state index is 8.83.